The van der Waals surface area contributed by atoms with E-state index in [9.17, 15) is 9.18 Å². The van der Waals surface area contributed by atoms with Crippen LogP contribution in [0.5, 0.6) is 0 Å². The van der Waals surface area contributed by atoms with Gasteiger partial charge in [0.05, 0.1) is 0 Å². The highest BCUT2D eigenvalue weighted by atomic mass is 32.2. The lowest BCUT2D eigenvalue weighted by molar-refractivity contribution is 0.0953. The quantitative estimate of drug-likeness (QED) is 0.473. The smallest absolute Gasteiger partial charge is 0.251 e. The monoisotopic (exact) mass is 395 g/mol. The number of aromatic nitrogens is 2. The van der Waals surface area contributed by atoms with Gasteiger partial charge in [0.15, 0.2) is 5.16 Å². The van der Waals surface area contributed by atoms with Crippen LogP contribution in [0.4, 0.5) is 4.39 Å². The van der Waals surface area contributed by atoms with Crippen molar-refractivity contribution in [1.82, 2.24) is 15.3 Å². The normalized spacial score (nSPS) is 10.7. The van der Waals surface area contributed by atoms with E-state index in [2.05, 4.69) is 15.3 Å². The Hall–Kier alpha value is -2.73. The van der Waals surface area contributed by atoms with Crippen LogP contribution in [0, 0.1) is 19.7 Å². The highest BCUT2D eigenvalue weighted by Crippen LogP contribution is 2.22. The van der Waals surface area contributed by atoms with Gasteiger partial charge in [0, 0.05) is 29.2 Å². The van der Waals surface area contributed by atoms with Gasteiger partial charge in [-0.3, -0.25) is 4.79 Å². The van der Waals surface area contributed by atoms with E-state index in [0.29, 0.717) is 35.0 Å². The van der Waals surface area contributed by atoms with E-state index in [0.717, 1.165) is 17.0 Å². The van der Waals surface area contributed by atoms with Crippen molar-refractivity contribution in [3.63, 3.8) is 0 Å². The molecule has 1 N–H and O–H groups in total. The van der Waals surface area contributed by atoms with Crippen LogP contribution in [-0.4, -0.2) is 22.4 Å². The van der Waals surface area contributed by atoms with Crippen molar-refractivity contribution < 1.29 is 9.18 Å². The molecule has 0 saturated heterocycles. The van der Waals surface area contributed by atoms with Gasteiger partial charge in [-0.1, -0.05) is 48.2 Å². The van der Waals surface area contributed by atoms with Crippen LogP contribution in [0.3, 0.4) is 0 Å². The standard InChI is InChI=1S/C22H22FN3OS/c1-15-13-16(2)26-22(25-15)28-14-18-8-3-5-9-19(18)21(27)24-12-11-17-7-4-6-10-20(17)23/h3-10,13H,11-12,14H2,1-2H3,(H,24,27). The third-order valence-electron chi connectivity index (χ3n) is 4.22. The molecule has 3 aromatic rings. The maximum absolute atomic E-state index is 13.7. The zero-order valence-electron chi connectivity index (χ0n) is 15.9. The van der Waals surface area contributed by atoms with Crippen molar-refractivity contribution in [2.24, 2.45) is 0 Å². The van der Waals surface area contributed by atoms with Crippen LogP contribution in [0.2, 0.25) is 0 Å². The van der Waals surface area contributed by atoms with Gasteiger partial charge in [0.2, 0.25) is 0 Å². The molecule has 144 valence electrons. The first-order chi connectivity index (χ1) is 13.5. The number of carbonyl (C=O) groups is 1. The summed E-state index contributed by atoms with van der Waals surface area (Å²) in [7, 11) is 0. The molecule has 0 radical (unpaired) electrons. The molecular weight excluding hydrogens is 373 g/mol. The minimum atomic E-state index is -0.248. The van der Waals surface area contributed by atoms with Gasteiger partial charge in [-0.2, -0.15) is 0 Å². The lowest BCUT2D eigenvalue weighted by Gasteiger charge is -2.10. The first kappa shape index (κ1) is 20.0. The summed E-state index contributed by atoms with van der Waals surface area (Å²) in [5.74, 6) is 0.190. The Morgan fingerprint density at radius 1 is 1.00 bits per heavy atom. The number of halogens is 1. The molecule has 0 atom stereocenters. The van der Waals surface area contributed by atoms with Gasteiger partial charge in [-0.25, -0.2) is 14.4 Å². The lowest BCUT2D eigenvalue weighted by atomic mass is 10.1. The Kier molecular flexibility index (Phi) is 6.76. The third-order valence-corrected chi connectivity index (χ3v) is 5.11. The minimum absolute atomic E-state index is 0.158. The molecule has 2 aromatic carbocycles. The summed E-state index contributed by atoms with van der Waals surface area (Å²) < 4.78 is 13.7. The second-order valence-corrected chi connectivity index (χ2v) is 7.42. The second kappa shape index (κ2) is 9.46. The fourth-order valence-electron chi connectivity index (χ4n) is 2.88. The average Bonchev–Trinajstić information content (AvgIpc) is 2.67. The molecule has 28 heavy (non-hydrogen) atoms. The maximum Gasteiger partial charge on any atom is 0.251 e. The molecule has 1 aromatic heterocycles. The summed E-state index contributed by atoms with van der Waals surface area (Å²) in [5.41, 5.74) is 3.98. The molecular formula is C22H22FN3OS. The molecule has 0 aliphatic heterocycles. The molecule has 0 spiro atoms. The molecule has 0 aliphatic carbocycles. The zero-order valence-corrected chi connectivity index (χ0v) is 16.7. The van der Waals surface area contributed by atoms with E-state index >= 15 is 0 Å². The SMILES string of the molecule is Cc1cc(C)nc(SCc2ccccc2C(=O)NCCc2ccccc2F)n1. The van der Waals surface area contributed by atoms with E-state index < -0.39 is 0 Å². The molecule has 0 bridgehead atoms. The highest BCUT2D eigenvalue weighted by Gasteiger charge is 2.12. The average molecular weight is 396 g/mol. The van der Waals surface area contributed by atoms with Gasteiger partial charge >= 0.3 is 0 Å². The van der Waals surface area contributed by atoms with E-state index in [4.69, 9.17) is 0 Å². The number of aryl methyl sites for hydroxylation is 2. The Balaban J connectivity index is 1.62. The summed E-state index contributed by atoms with van der Waals surface area (Å²) in [6.07, 6.45) is 0.450. The summed E-state index contributed by atoms with van der Waals surface area (Å²) in [5, 5.41) is 3.59. The maximum atomic E-state index is 13.7. The molecule has 4 nitrogen and oxygen atoms in total. The van der Waals surface area contributed by atoms with Crippen LogP contribution in [0.1, 0.15) is 32.9 Å². The van der Waals surface area contributed by atoms with Crippen LogP contribution in [0.25, 0.3) is 0 Å². The molecule has 1 amide bonds. The van der Waals surface area contributed by atoms with Crippen molar-refractivity contribution >= 4 is 17.7 Å². The second-order valence-electron chi connectivity index (χ2n) is 6.48. The number of nitrogens with zero attached hydrogens (tertiary/aromatic N) is 2. The van der Waals surface area contributed by atoms with E-state index in [1.165, 1.54) is 17.8 Å². The zero-order chi connectivity index (χ0) is 19.9. The number of nitrogens with one attached hydrogen (secondary N) is 1. The third kappa shape index (κ3) is 5.39. The fourth-order valence-corrected chi connectivity index (χ4v) is 3.83. The first-order valence-electron chi connectivity index (χ1n) is 9.07. The van der Waals surface area contributed by atoms with Crippen molar-refractivity contribution in [2.45, 2.75) is 31.2 Å². The fraction of sp³-hybridized carbons (Fsp3) is 0.227. The molecule has 0 aliphatic rings. The number of hydrogen-bond acceptors (Lipinski definition) is 4. The number of amides is 1. The van der Waals surface area contributed by atoms with Crippen LogP contribution in [-0.2, 0) is 12.2 Å². The van der Waals surface area contributed by atoms with E-state index in [1.54, 1.807) is 24.3 Å². The number of rotatable bonds is 7. The molecule has 6 heteroatoms. The van der Waals surface area contributed by atoms with Gasteiger partial charge in [-0.05, 0) is 49.6 Å². The summed E-state index contributed by atoms with van der Waals surface area (Å²) in [6.45, 7) is 4.26. The predicted molar refractivity (Wildman–Crippen MR) is 110 cm³/mol. The highest BCUT2D eigenvalue weighted by molar-refractivity contribution is 7.98. The first-order valence-corrected chi connectivity index (χ1v) is 10.1. The predicted octanol–water partition coefficient (Wildman–Crippen LogP) is 4.50. The number of carbonyl (C=O) groups excluding carboxylic acids is 1. The van der Waals surface area contributed by atoms with Crippen LogP contribution < -0.4 is 5.32 Å². The van der Waals surface area contributed by atoms with Gasteiger partial charge < -0.3 is 5.32 Å². The van der Waals surface area contributed by atoms with Crippen LogP contribution in [0.15, 0.2) is 59.8 Å². The minimum Gasteiger partial charge on any atom is -0.352 e. The number of hydrogen-bond donors (Lipinski definition) is 1. The van der Waals surface area contributed by atoms with Gasteiger partial charge in [0.25, 0.3) is 5.91 Å². The van der Waals surface area contributed by atoms with Crippen molar-refractivity contribution in [1.29, 1.82) is 0 Å². The lowest BCUT2D eigenvalue weighted by Crippen LogP contribution is -2.26. The molecule has 3 rings (SSSR count). The summed E-state index contributed by atoms with van der Waals surface area (Å²) in [4.78, 5) is 21.5. The van der Waals surface area contributed by atoms with Crippen LogP contribution >= 0.6 is 11.8 Å². The Bertz CT molecular complexity index is 957. The molecule has 0 saturated carbocycles. The number of benzene rings is 2. The van der Waals surface area contributed by atoms with E-state index in [-0.39, 0.29) is 11.7 Å². The van der Waals surface area contributed by atoms with Crippen molar-refractivity contribution in [3.05, 3.63) is 88.5 Å². The van der Waals surface area contributed by atoms with E-state index in [1.807, 2.05) is 38.1 Å². The Labute approximate surface area is 168 Å². The van der Waals surface area contributed by atoms with Crippen molar-refractivity contribution in [3.8, 4) is 0 Å². The Morgan fingerprint density at radius 3 is 2.36 bits per heavy atom. The summed E-state index contributed by atoms with van der Waals surface area (Å²) >= 11 is 1.50. The van der Waals surface area contributed by atoms with Gasteiger partial charge in [-0.15, -0.1) is 0 Å². The summed E-state index contributed by atoms with van der Waals surface area (Å²) in [6, 6.07) is 16.0. The molecule has 1 heterocycles. The Morgan fingerprint density at radius 2 is 1.64 bits per heavy atom. The topological polar surface area (TPSA) is 54.9 Å². The molecule has 0 unspecified atom stereocenters. The van der Waals surface area contributed by atoms with Crippen molar-refractivity contribution in [2.75, 3.05) is 6.54 Å². The number of thioether (sulfide) groups is 1. The molecule has 0 fully saturated rings. The largest absolute Gasteiger partial charge is 0.352 e. The van der Waals surface area contributed by atoms with Gasteiger partial charge in [0.1, 0.15) is 5.82 Å².